The lowest BCUT2D eigenvalue weighted by Gasteiger charge is -2.08. The number of halogens is 2. The van der Waals surface area contributed by atoms with E-state index in [0.717, 1.165) is 0 Å². The number of ketones is 1. The van der Waals surface area contributed by atoms with Crippen molar-refractivity contribution in [2.45, 2.75) is 9.98 Å². The lowest BCUT2D eigenvalue weighted by molar-refractivity contribution is 0.0990. The number of thioether (sulfide) groups is 1. The Labute approximate surface area is 135 Å². The molecule has 19 heavy (non-hydrogen) atoms. The van der Waals surface area contributed by atoms with Gasteiger partial charge >= 0.3 is 0 Å². The van der Waals surface area contributed by atoms with E-state index in [0.29, 0.717) is 16.4 Å². The Morgan fingerprint density at radius 2 is 1.95 bits per heavy atom. The van der Waals surface area contributed by atoms with Crippen molar-refractivity contribution in [1.82, 2.24) is 9.97 Å². The largest absolute Gasteiger partial charge is 0.292 e. The molecule has 0 radical (unpaired) electrons. The molecule has 2 rings (SSSR count). The minimum absolute atomic E-state index is 0. The van der Waals surface area contributed by atoms with Gasteiger partial charge in [0.2, 0.25) is 0 Å². The third-order valence-electron chi connectivity index (χ3n) is 2.39. The number of Topliss-reactive ketones (excluding diaryl/α,β-unsaturated/α-hetero) is 1. The molecule has 3 nitrogen and oxygen atoms in total. The number of benzene rings is 1. The van der Waals surface area contributed by atoms with Gasteiger partial charge in [-0.1, -0.05) is 58.0 Å². The van der Waals surface area contributed by atoms with Crippen molar-refractivity contribution < 1.29 is 4.79 Å². The van der Waals surface area contributed by atoms with Gasteiger partial charge in [0, 0.05) is 11.8 Å². The second kappa shape index (κ2) is 7.77. The van der Waals surface area contributed by atoms with Gasteiger partial charge in [-0.25, -0.2) is 9.97 Å². The third kappa shape index (κ3) is 4.12. The summed E-state index contributed by atoms with van der Waals surface area (Å²) < 4.78 is 0. The smallest absolute Gasteiger partial charge is 0.187 e. The molecule has 100 valence electrons. The summed E-state index contributed by atoms with van der Waals surface area (Å²) in [6.07, 6.45) is 3.57. The minimum Gasteiger partial charge on any atom is -0.292 e. The number of alkyl halides is 1. The summed E-state index contributed by atoms with van der Waals surface area (Å²) in [5.74, 6) is 0.00125. The van der Waals surface area contributed by atoms with Crippen LogP contribution in [0.2, 0.25) is 0 Å². The fraction of sp³-hybridized carbons (Fsp3) is 0.154. The molecule has 1 atom stereocenters. The topological polar surface area (TPSA) is 42.9 Å². The van der Waals surface area contributed by atoms with E-state index in [1.165, 1.54) is 11.8 Å². The van der Waals surface area contributed by atoms with E-state index in [2.05, 4.69) is 25.9 Å². The highest BCUT2D eigenvalue weighted by Crippen LogP contribution is 2.26. The molecule has 1 heterocycles. The van der Waals surface area contributed by atoms with Crippen molar-refractivity contribution in [3.63, 3.8) is 0 Å². The summed E-state index contributed by atoms with van der Waals surface area (Å²) in [7, 11) is 0. The van der Waals surface area contributed by atoms with Crippen molar-refractivity contribution >= 4 is 50.5 Å². The first-order chi connectivity index (χ1) is 8.72. The van der Waals surface area contributed by atoms with E-state index >= 15 is 0 Å². The molecule has 0 aliphatic carbocycles. The highest BCUT2D eigenvalue weighted by Gasteiger charge is 2.20. The van der Waals surface area contributed by atoms with E-state index in [-0.39, 0.29) is 22.8 Å². The first-order valence-corrected chi connectivity index (χ1v) is 7.46. The zero-order chi connectivity index (χ0) is 13.0. The lowest BCUT2D eigenvalue weighted by atomic mass is 10.1. The van der Waals surface area contributed by atoms with E-state index in [9.17, 15) is 4.79 Å². The van der Waals surface area contributed by atoms with Gasteiger partial charge in [0.05, 0.1) is 5.69 Å². The number of hydrogen-bond acceptors (Lipinski definition) is 4. The van der Waals surface area contributed by atoms with Crippen LogP contribution < -0.4 is 0 Å². The Kier molecular flexibility index (Phi) is 6.68. The Balaban J connectivity index is 0.00000180. The highest BCUT2D eigenvalue weighted by molar-refractivity contribution is 9.09. The van der Waals surface area contributed by atoms with Gasteiger partial charge in [-0.15, -0.1) is 17.0 Å². The number of aromatic nitrogens is 2. The molecule has 2 aromatic rings. The molecular formula is C13H12Br2N2OS. The molecule has 0 amide bonds. The van der Waals surface area contributed by atoms with Crippen LogP contribution in [0, 0.1) is 0 Å². The van der Waals surface area contributed by atoms with E-state index in [1.807, 2.05) is 24.5 Å². The number of carbonyl (C=O) groups excluding carboxylic acids is 1. The summed E-state index contributed by atoms with van der Waals surface area (Å²) in [6, 6.07) is 10.9. The Hall–Kier alpha value is -0.720. The quantitative estimate of drug-likeness (QED) is 0.333. The van der Waals surface area contributed by atoms with Gasteiger partial charge in [0.15, 0.2) is 10.9 Å². The van der Waals surface area contributed by atoms with Crippen molar-refractivity contribution in [2.75, 3.05) is 6.26 Å². The Bertz CT molecular complexity index is 551. The summed E-state index contributed by atoms with van der Waals surface area (Å²) >= 11 is 4.86. The van der Waals surface area contributed by atoms with Crippen LogP contribution in [-0.2, 0) is 0 Å². The van der Waals surface area contributed by atoms with Gasteiger partial charge in [0.25, 0.3) is 0 Å². The molecular weight excluding hydrogens is 392 g/mol. The molecule has 0 aliphatic rings. The van der Waals surface area contributed by atoms with Gasteiger partial charge in [-0.2, -0.15) is 0 Å². The number of carbonyl (C=O) groups is 1. The fourth-order valence-electron chi connectivity index (χ4n) is 1.48. The number of hydrogen-bond donors (Lipinski definition) is 0. The van der Waals surface area contributed by atoms with E-state index in [1.54, 1.807) is 24.4 Å². The lowest BCUT2D eigenvalue weighted by Crippen LogP contribution is -2.09. The van der Waals surface area contributed by atoms with Crippen molar-refractivity contribution in [3.05, 3.63) is 53.9 Å². The fourth-order valence-corrected chi connectivity index (χ4v) is 2.36. The first kappa shape index (κ1) is 16.3. The summed E-state index contributed by atoms with van der Waals surface area (Å²) in [4.78, 5) is 20.2. The molecule has 0 spiro atoms. The molecule has 1 aromatic heterocycles. The standard InChI is InChI=1S/C13H11BrN2OS.BrH/c1-18-13-15-8-7-10(16-13)11(14)12(17)9-5-3-2-4-6-9;/h2-8,11H,1H3;1H. The average Bonchev–Trinajstić information content (AvgIpc) is 2.46. The highest BCUT2D eigenvalue weighted by atomic mass is 79.9. The van der Waals surface area contributed by atoms with Crippen LogP contribution in [0.5, 0.6) is 0 Å². The molecule has 1 aromatic carbocycles. The Morgan fingerprint density at radius 3 is 2.58 bits per heavy atom. The van der Waals surface area contributed by atoms with Crippen LogP contribution in [0.4, 0.5) is 0 Å². The van der Waals surface area contributed by atoms with Crippen LogP contribution in [0.25, 0.3) is 0 Å². The first-order valence-electron chi connectivity index (χ1n) is 5.32. The molecule has 1 unspecified atom stereocenters. The molecule has 0 fully saturated rings. The summed E-state index contributed by atoms with van der Waals surface area (Å²) in [6.45, 7) is 0. The van der Waals surface area contributed by atoms with Gasteiger partial charge < -0.3 is 0 Å². The minimum atomic E-state index is -0.436. The van der Waals surface area contributed by atoms with E-state index in [4.69, 9.17) is 0 Å². The van der Waals surface area contributed by atoms with Crippen LogP contribution in [0.15, 0.2) is 47.8 Å². The van der Waals surface area contributed by atoms with E-state index < -0.39 is 4.83 Å². The molecule has 0 bridgehead atoms. The molecule has 0 saturated heterocycles. The Morgan fingerprint density at radius 1 is 1.26 bits per heavy atom. The second-order valence-electron chi connectivity index (χ2n) is 3.56. The maximum atomic E-state index is 12.2. The second-order valence-corrected chi connectivity index (χ2v) is 5.25. The maximum absolute atomic E-state index is 12.2. The molecule has 0 N–H and O–H groups in total. The summed E-state index contributed by atoms with van der Waals surface area (Å²) in [5.41, 5.74) is 1.35. The SMILES string of the molecule is Br.CSc1nccc(C(Br)C(=O)c2ccccc2)n1. The van der Waals surface area contributed by atoms with Gasteiger partial charge in [-0.05, 0) is 12.3 Å². The molecule has 0 saturated carbocycles. The van der Waals surface area contributed by atoms with Crippen LogP contribution in [-0.4, -0.2) is 22.0 Å². The molecule has 0 aliphatic heterocycles. The molecule has 6 heteroatoms. The van der Waals surface area contributed by atoms with Crippen molar-refractivity contribution in [3.8, 4) is 0 Å². The van der Waals surface area contributed by atoms with Crippen molar-refractivity contribution in [1.29, 1.82) is 0 Å². The zero-order valence-electron chi connectivity index (χ0n) is 10.1. The van der Waals surface area contributed by atoms with Crippen molar-refractivity contribution in [2.24, 2.45) is 0 Å². The number of nitrogens with zero attached hydrogens (tertiary/aromatic N) is 2. The summed E-state index contributed by atoms with van der Waals surface area (Å²) in [5, 5.41) is 0.665. The predicted octanol–water partition coefficient (Wildman–Crippen LogP) is 4.10. The normalized spacial score (nSPS) is 11.5. The van der Waals surface area contributed by atoms with Crippen LogP contribution in [0.3, 0.4) is 0 Å². The zero-order valence-corrected chi connectivity index (χ0v) is 14.2. The van der Waals surface area contributed by atoms with Crippen LogP contribution in [0.1, 0.15) is 20.9 Å². The average molecular weight is 404 g/mol. The van der Waals surface area contributed by atoms with Crippen LogP contribution >= 0.6 is 44.7 Å². The third-order valence-corrected chi connectivity index (χ3v) is 3.83. The number of rotatable bonds is 4. The monoisotopic (exact) mass is 402 g/mol. The van der Waals surface area contributed by atoms with Gasteiger partial charge in [-0.3, -0.25) is 4.79 Å². The van der Waals surface area contributed by atoms with Gasteiger partial charge in [0.1, 0.15) is 4.83 Å². The maximum Gasteiger partial charge on any atom is 0.187 e. The predicted molar refractivity (Wildman–Crippen MR) is 86.6 cm³/mol.